The average Bonchev–Trinajstić information content (AvgIpc) is 2.77. The summed E-state index contributed by atoms with van der Waals surface area (Å²) in [5, 5.41) is 22.0. The molecule has 0 saturated carbocycles. The standard InChI is InChI=1S/C20H24FN7O5/c1-31-15(9-29)11-33-27-14-7-28(8-14)19-24-5-13(6-25-19)16-4-2-3-12(17(16)21)10-32-20(30)26-18(22)23/h2-6,15,29H,7-11H2,1H3,(H4,22,23,26,30). The maximum atomic E-state index is 14.9. The van der Waals surface area contributed by atoms with Crippen LogP contribution in [0.15, 0.2) is 35.7 Å². The Kier molecular flexibility index (Phi) is 8.05. The number of aliphatic hydroxyl groups is 1. The van der Waals surface area contributed by atoms with Crippen LogP contribution in [0.5, 0.6) is 0 Å². The van der Waals surface area contributed by atoms with Crippen LogP contribution in [0, 0.1) is 11.2 Å². The molecule has 0 radical (unpaired) electrons. The van der Waals surface area contributed by atoms with Gasteiger partial charge in [0.05, 0.1) is 25.4 Å². The number of oxime groups is 1. The van der Waals surface area contributed by atoms with Crippen LogP contribution < -0.4 is 16.0 Å². The first-order valence-electron chi connectivity index (χ1n) is 9.85. The molecule has 0 bridgehead atoms. The van der Waals surface area contributed by atoms with Crippen LogP contribution in [0.3, 0.4) is 0 Å². The van der Waals surface area contributed by atoms with Crippen molar-refractivity contribution < 1.29 is 28.6 Å². The number of aromatic nitrogens is 2. The lowest BCUT2D eigenvalue weighted by atomic mass is 10.1. The first-order chi connectivity index (χ1) is 15.9. The highest BCUT2D eigenvalue weighted by Gasteiger charge is 2.25. The number of nitrogens with one attached hydrogen (secondary N) is 2. The fraction of sp³-hybridized carbons (Fsp3) is 0.350. The number of nitrogens with two attached hydrogens (primary N) is 1. The van der Waals surface area contributed by atoms with Crippen molar-refractivity contribution in [3.8, 4) is 11.1 Å². The highest BCUT2D eigenvalue weighted by molar-refractivity contribution is 5.98. The fourth-order valence-electron chi connectivity index (χ4n) is 2.83. The Morgan fingerprint density at radius 2 is 2.12 bits per heavy atom. The molecule has 1 aromatic carbocycles. The van der Waals surface area contributed by atoms with E-state index in [0.717, 1.165) is 5.71 Å². The summed E-state index contributed by atoms with van der Waals surface area (Å²) in [7, 11) is 1.48. The van der Waals surface area contributed by atoms with Gasteiger partial charge in [0.25, 0.3) is 0 Å². The van der Waals surface area contributed by atoms with Gasteiger partial charge in [0, 0.05) is 36.2 Å². The largest absolute Gasteiger partial charge is 0.444 e. The summed E-state index contributed by atoms with van der Waals surface area (Å²) in [5.41, 5.74) is 6.70. The second kappa shape index (κ2) is 11.2. The lowest BCUT2D eigenvalue weighted by Crippen LogP contribution is -2.48. The molecule has 1 atom stereocenters. The highest BCUT2D eigenvalue weighted by Crippen LogP contribution is 2.26. The Labute approximate surface area is 188 Å². The Hall–Kier alpha value is -3.84. The zero-order valence-corrected chi connectivity index (χ0v) is 17.8. The molecule has 176 valence electrons. The molecule has 1 amide bonds. The van der Waals surface area contributed by atoms with E-state index in [2.05, 4.69) is 15.1 Å². The van der Waals surface area contributed by atoms with Crippen molar-refractivity contribution in [3.63, 3.8) is 0 Å². The Balaban J connectivity index is 1.57. The first-order valence-corrected chi connectivity index (χ1v) is 9.85. The minimum Gasteiger partial charge on any atom is -0.444 e. The van der Waals surface area contributed by atoms with E-state index < -0.39 is 24.0 Å². The quantitative estimate of drug-likeness (QED) is 0.237. The number of hydrogen-bond acceptors (Lipinski definition) is 10. The number of amides is 1. The SMILES string of the molecule is COC(CO)CON=C1CN(c2ncc(-c3cccc(COC(=O)NC(=N)N)c3F)cn2)C1. The molecule has 1 aromatic heterocycles. The van der Waals surface area contributed by atoms with Gasteiger partial charge in [-0.3, -0.25) is 10.7 Å². The third kappa shape index (κ3) is 6.33. The van der Waals surface area contributed by atoms with Crippen molar-refractivity contribution in [3.05, 3.63) is 42.0 Å². The number of carbonyl (C=O) groups excluding carboxylic acids is 1. The van der Waals surface area contributed by atoms with Crippen LogP contribution in [-0.4, -0.2) is 72.4 Å². The van der Waals surface area contributed by atoms with Crippen LogP contribution in [-0.2, 0) is 20.9 Å². The molecular formula is C20H24FN7O5. The number of carbonyl (C=O) groups is 1. The van der Waals surface area contributed by atoms with Gasteiger partial charge >= 0.3 is 6.09 Å². The number of benzene rings is 1. The monoisotopic (exact) mass is 461 g/mol. The third-order valence-corrected chi connectivity index (χ3v) is 4.64. The minimum atomic E-state index is -0.949. The molecule has 13 heteroatoms. The van der Waals surface area contributed by atoms with Gasteiger partial charge in [-0.1, -0.05) is 23.4 Å². The van der Waals surface area contributed by atoms with Crippen molar-refractivity contribution >= 4 is 23.7 Å². The molecule has 1 aliphatic rings. The van der Waals surface area contributed by atoms with E-state index in [1.807, 2.05) is 10.2 Å². The minimum absolute atomic E-state index is 0.149. The maximum Gasteiger partial charge on any atom is 0.414 e. The predicted octanol–water partition coefficient (Wildman–Crippen LogP) is 0.602. The third-order valence-electron chi connectivity index (χ3n) is 4.64. The fourth-order valence-corrected chi connectivity index (χ4v) is 2.83. The van der Waals surface area contributed by atoms with Crippen LogP contribution in [0.25, 0.3) is 11.1 Å². The molecule has 0 aliphatic carbocycles. The summed E-state index contributed by atoms with van der Waals surface area (Å²) in [5.74, 6) is -0.679. The van der Waals surface area contributed by atoms with Crippen molar-refractivity contribution in [2.45, 2.75) is 12.7 Å². The van der Waals surface area contributed by atoms with E-state index in [0.29, 0.717) is 24.6 Å². The van der Waals surface area contributed by atoms with Crippen molar-refractivity contribution in [1.29, 1.82) is 5.41 Å². The molecule has 1 fully saturated rings. The number of aliphatic hydroxyl groups excluding tert-OH is 1. The summed E-state index contributed by atoms with van der Waals surface area (Å²) >= 11 is 0. The second-order valence-corrected chi connectivity index (χ2v) is 7.01. The van der Waals surface area contributed by atoms with Crippen molar-refractivity contribution in [2.24, 2.45) is 10.9 Å². The zero-order valence-electron chi connectivity index (χ0n) is 17.8. The van der Waals surface area contributed by atoms with E-state index in [4.69, 9.17) is 30.6 Å². The van der Waals surface area contributed by atoms with Crippen LogP contribution >= 0.6 is 0 Å². The van der Waals surface area contributed by atoms with Crippen LogP contribution in [0.1, 0.15) is 5.56 Å². The van der Waals surface area contributed by atoms with Crippen molar-refractivity contribution in [1.82, 2.24) is 15.3 Å². The van der Waals surface area contributed by atoms with Gasteiger partial charge in [-0.05, 0) is 0 Å². The van der Waals surface area contributed by atoms with Gasteiger partial charge in [0.15, 0.2) is 5.96 Å². The van der Waals surface area contributed by atoms with Gasteiger partial charge in [0.2, 0.25) is 5.95 Å². The number of ether oxygens (including phenoxy) is 2. The van der Waals surface area contributed by atoms with Gasteiger partial charge < -0.3 is 30.1 Å². The number of anilines is 1. The number of methoxy groups -OCH3 is 1. The Bertz CT molecular complexity index is 1010. The van der Waals surface area contributed by atoms with Crippen molar-refractivity contribution in [2.75, 3.05) is 38.3 Å². The molecule has 3 rings (SSSR count). The number of rotatable bonds is 9. The lowest BCUT2D eigenvalue weighted by molar-refractivity contribution is -0.0188. The lowest BCUT2D eigenvalue weighted by Gasteiger charge is -2.31. The summed E-state index contributed by atoms with van der Waals surface area (Å²) in [4.78, 5) is 27.0. The highest BCUT2D eigenvalue weighted by atomic mass is 19.1. The zero-order chi connectivity index (χ0) is 23.8. The average molecular weight is 461 g/mol. The van der Waals surface area contributed by atoms with E-state index in [9.17, 15) is 9.18 Å². The maximum absolute atomic E-state index is 14.9. The second-order valence-electron chi connectivity index (χ2n) is 7.01. The Morgan fingerprint density at radius 3 is 2.76 bits per heavy atom. The number of halogens is 1. The van der Waals surface area contributed by atoms with E-state index in [1.165, 1.54) is 25.6 Å². The molecule has 1 unspecified atom stereocenters. The number of hydrogen-bond donors (Lipinski definition) is 4. The molecule has 12 nitrogen and oxygen atoms in total. The predicted molar refractivity (Wildman–Crippen MR) is 116 cm³/mol. The molecule has 0 spiro atoms. The number of nitrogens with zero attached hydrogens (tertiary/aromatic N) is 4. The number of guanidine groups is 1. The van der Waals surface area contributed by atoms with E-state index in [-0.39, 0.29) is 30.9 Å². The van der Waals surface area contributed by atoms with Gasteiger partial charge in [-0.25, -0.2) is 19.2 Å². The van der Waals surface area contributed by atoms with Gasteiger partial charge in [-0.2, -0.15) is 0 Å². The molecule has 33 heavy (non-hydrogen) atoms. The molecular weight excluding hydrogens is 437 g/mol. The van der Waals surface area contributed by atoms with Gasteiger partial charge in [0.1, 0.15) is 25.1 Å². The summed E-state index contributed by atoms with van der Waals surface area (Å²) in [6.45, 7) is 0.635. The summed E-state index contributed by atoms with van der Waals surface area (Å²) in [6.07, 6.45) is 1.63. The van der Waals surface area contributed by atoms with Crippen LogP contribution in [0.4, 0.5) is 15.1 Å². The first kappa shape index (κ1) is 23.8. The smallest absolute Gasteiger partial charge is 0.414 e. The molecule has 1 aliphatic heterocycles. The van der Waals surface area contributed by atoms with Gasteiger partial charge in [-0.15, -0.1) is 0 Å². The summed E-state index contributed by atoms with van der Waals surface area (Å²) in [6, 6.07) is 4.67. The molecule has 5 N–H and O–H groups in total. The number of alkyl carbamates (subject to hydrolysis) is 1. The molecule has 1 saturated heterocycles. The van der Waals surface area contributed by atoms with E-state index in [1.54, 1.807) is 12.1 Å². The molecule has 2 aromatic rings. The Morgan fingerprint density at radius 1 is 1.39 bits per heavy atom. The van der Waals surface area contributed by atoms with Crippen LogP contribution in [0.2, 0.25) is 0 Å². The molecule has 2 heterocycles. The van der Waals surface area contributed by atoms with E-state index >= 15 is 0 Å². The summed E-state index contributed by atoms with van der Waals surface area (Å²) < 4.78 is 24.7. The topological polar surface area (TPSA) is 168 Å². The normalized spacial score (nSPS) is 13.7.